The maximum atomic E-state index is 12.9. The maximum Gasteiger partial charge on any atom is 0.289 e. The van der Waals surface area contributed by atoms with Crippen molar-refractivity contribution < 1.29 is 14.0 Å². The van der Waals surface area contributed by atoms with E-state index in [0.29, 0.717) is 58.3 Å². The zero-order valence-electron chi connectivity index (χ0n) is 17.0. The van der Waals surface area contributed by atoms with Gasteiger partial charge in [0.2, 0.25) is 5.91 Å². The summed E-state index contributed by atoms with van der Waals surface area (Å²) in [5.41, 5.74) is 1.22. The molecular weight excluding hydrogens is 473 g/mol. The van der Waals surface area contributed by atoms with E-state index < -0.39 is 0 Å². The van der Waals surface area contributed by atoms with Crippen LogP contribution in [0.3, 0.4) is 0 Å². The first kappa shape index (κ1) is 22.7. The zero-order chi connectivity index (χ0) is 22.7. The quantitative estimate of drug-likeness (QED) is 0.525. The van der Waals surface area contributed by atoms with Crippen molar-refractivity contribution in [3.05, 3.63) is 75.4 Å². The second-order valence-corrected chi connectivity index (χ2v) is 8.55. The molecule has 32 heavy (non-hydrogen) atoms. The number of para-hydroxylation sites is 1. The third-order valence-electron chi connectivity index (χ3n) is 5.21. The maximum absolute atomic E-state index is 12.9. The number of nitrogens with one attached hydrogen (secondary N) is 1. The van der Waals surface area contributed by atoms with Crippen LogP contribution in [-0.2, 0) is 4.79 Å². The smallest absolute Gasteiger partial charge is 0.289 e. The van der Waals surface area contributed by atoms with Gasteiger partial charge in [-0.2, -0.15) is 0 Å². The molecule has 4 rings (SSSR count). The molecule has 1 aliphatic rings. The Morgan fingerprint density at radius 2 is 1.59 bits per heavy atom. The molecule has 0 spiro atoms. The fraction of sp³-hybridized carbons (Fsp3) is 0.217. The largest absolute Gasteiger partial charge is 0.451 e. The van der Waals surface area contributed by atoms with Crippen LogP contribution in [0.15, 0.2) is 59.0 Å². The van der Waals surface area contributed by atoms with Gasteiger partial charge in [-0.1, -0.05) is 53.0 Å². The summed E-state index contributed by atoms with van der Waals surface area (Å²) >= 11 is 18.4. The molecule has 0 radical (unpaired) electrons. The predicted octanol–water partition coefficient (Wildman–Crippen LogP) is 5.30. The number of hydrogen-bond donors (Lipinski definition) is 1. The lowest BCUT2D eigenvalue weighted by molar-refractivity contribution is -0.117. The van der Waals surface area contributed by atoms with Crippen LogP contribution in [-0.4, -0.2) is 54.3 Å². The van der Waals surface area contributed by atoms with Crippen molar-refractivity contribution >= 4 is 52.3 Å². The number of hydrogen-bond acceptors (Lipinski definition) is 4. The molecule has 3 aromatic rings. The van der Waals surface area contributed by atoms with E-state index >= 15 is 0 Å². The minimum absolute atomic E-state index is 0.146. The number of benzene rings is 2. The first-order valence-electron chi connectivity index (χ1n) is 10.0. The summed E-state index contributed by atoms with van der Waals surface area (Å²) in [6.07, 6.45) is 0. The summed E-state index contributed by atoms with van der Waals surface area (Å²) in [5, 5.41) is 4.11. The first-order valence-corrected chi connectivity index (χ1v) is 11.2. The van der Waals surface area contributed by atoms with E-state index in [1.807, 2.05) is 11.0 Å². The topological polar surface area (TPSA) is 65.8 Å². The number of rotatable bonds is 5. The third-order valence-corrected chi connectivity index (χ3v) is 6.36. The van der Waals surface area contributed by atoms with Gasteiger partial charge >= 0.3 is 0 Å². The highest BCUT2D eigenvalue weighted by Crippen LogP contribution is 2.34. The van der Waals surface area contributed by atoms with Crippen molar-refractivity contribution in [2.75, 3.05) is 38.0 Å². The number of furan rings is 1. The third kappa shape index (κ3) is 5.10. The Balaban J connectivity index is 1.32. The second-order valence-electron chi connectivity index (χ2n) is 7.36. The number of carbonyl (C=O) groups is 2. The molecule has 1 fully saturated rings. The van der Waals surface area contributed by atoms with Crippen molar-refractivity contribution in [2.24, 2.45) is 0 Å². The summed E-state index contributed by atoms with van der Waals surface area (Å²) < 4.78 is 5.77. The molecule has 1 N–H and O–H groups in total. The molecule has 166 valence electrons. The van der Waals surface area contributed by atoms with E-state index in [4.69, 9.17) is 39.2 Å². The van der Waals surface area contributed by atoms with Gasteiger partial charge in [-0.15, -0.1) is 0 Å². The van der Waals surface area contributed by atoms with Crippen LogP contribution in [0.2, 0.25) is 15.1 Å². The molecule has 0 unspecified atom stereocenters. The molecule has 9 heteroatoms. The standard InChI is InChI=1S/C23H20Cl3N3O3/c24-16-5-1-2-7-18(16)27-21(30)14-28-10-12-29(13-11-28)23(31)20-9-8-19(32-20)15-4-3-6-17(25)22(15)26/h1-9H,10-14H2,(H,27,30). The average Bonchev–Trinajstić information content (AvgIpc) is 3.27. The Hall–Kier alpha value is -2.51. The van der Waals surface area contributed by atoms with Gasteiger partial charge < -0.3 is 14.6 Å². The fourth-order valence-electron chi connectivity index (χ4n) is 3.51. The first-order chi connectivity index (χ1) is 15.4. The van der Waals surface area contributed by atoms with Crippen LogP contribution >= 0.6 is 34.8 Å². The monoisotopic (exact) mass is 491 g/mol. The van der Waals surface area contributed by atoms with Gasteiger partial charge in [-0.05, 0) is 36.4 Å². The van der Waals surface area contributed by atoms with Gasteiger partial charge in [0.25, 0.3) is 5.91 Å². The molecule has 0 bridgehead atoms. The van der Waals surface area contributed by atoms with E-state index in [1.165, 1.54) is 0 Å². The van der Waals surface area contributed by atoms with Crippen LogP contribution in [0.4, 0.5) is 5.69 Å². The van der Waals surface area contributed by atoms with Gasteiger partial charge in [-0.25, -0.2) is 0 Å². The zero-order valence-corrected chi connectivity index (χ0v) is 19.3. The molecule has 0 saturated carbocycles. The highest BCUT2D eigenvalue weighted by molar-refractivity contribution is 6.43. The molecular formula is C23H20Cl3N3O3. The normalized spacial score (nSPS) is 14.4. The number of amides is 2. The lowest BCUT2D eigenvalue weighted by Crippen LogP contribution is -2.50. The Kier molecular flexibility index (Phi) is 7.06. The number of nitrogens with zero attached hydrogens (tertiary/aromatic N) is 2. The molecule has 1 saturated heterocycles. The summed E-state index contributed by atoms with van der Waals surface area (Å²) in [6.45, 7) is 2.37. The second kappa shape index (κ2) is 9.96. The lowest BCUT2D eigenvalue weighted by Gasteiger charge is -2.33. The van der Waals surface area contributed by atoms with Gasteiger partial charge in [-0.3, -0.25) is 14.5 Å². The van der Waals surface area contributed by atoms with Crippen molar-refractivity contribution in [3.8, 4) is 11.3 Å². The minimum atomic E-state index is -0.199. The van der Waals surface area contributed by atoms with E-state index in [2.05, 4.69) is 5.32 Å². The Labute approximate surface area is 200 Å². The fourth-order valence-corrected chi connectivity index (χ4v) is 4.09. The van der Waals surface area contributed by atoms with Crippen molar-refractivity contribution in [1.29, 1.82) is 0 Å². The molecule has 0 atom stereocenters. The molecule has 1 aliphatic heterocycles. The van der Waals surface area contributed by atoms with Gasteiger partial charge in [0.15, 0.2) is 5.76 Å². The highest BCUT2D eigenvalue weighted by atomic mass is 35.5. The van der Waals surface area contributed by atoms with E-state index in [-0.39, 0.29) is 24.1 Å². The number of carbonyl (C=O) groups excluding carboxylic acids is 2. The van der Waals surface area contributed by atoms with Crippen molar-refractivity contribution in [1.82, 2.24) is 9.80 Å². The summed E-state index contributed by atoms with van der Waals surface area (Å²) in [4.78, 5) is 28.9. The van der Waals surface area contributed by atoms with Gasteiger partial charge in [0, 0.05) is 31.7 Å². The van der Waals surface area contributed by atoms with E-state index in [0.717, 1.165) is 0 Å². The molecule has 2 heterocycles. The summed E-state index contributed by atoms with van der Waals surface area (Å²) in [5.74, 6) is 0.373. The molecule has 1 aromatic heterocycles. The molecule has 2 aromatic carbocycles. The SMILES string of the molecule is O=C(CN1CCN(C(=O)c2ccc(-c3cccc(Cl)c3Cl)o2)CC1)Nc1ccccc1Cl. The van der Waals surface area contributed by atoms with Gasteiger partial charge in [0.05, 0.1) is 27.3 Å². The highest BCUT2D eigenvalue weighted by Gasteiger charge is 2.25. The lowest BCUT2D eigenvalue weighted by atomic mass is 10.2. The minimum Gasteiger partial charge on any atom is -0.451 e. The predicted molar refractivity (Wildman–Crippen MR) is 127 cm³/mol. The van der Waals surface area contributed by atoms with E-state index in [1.54, 1.807) is 53.4 Å². The molecule has 2 amide bonds. The average molecular weight is 493 g/mol. The Morgan fingerprint density at radius 3 is 2.34 bits per heavy atom. The number of piperazine rings is 1. The Morgan fingerprint density at radius 1 is 0.875 bits per heavy atom. The summed E-state index contributed by atoms with van der Waals surface area (Å²) in [7, 11) is 0. The van der Waals surface area contributed by atoms with Crippen LogP contribution in [0, 0.1) is 0 Å². The summed E-state index contributed by atoms with van der Waals surface area (Å²) in [6, 6.07) is 15.7. The van der Waals surface area contributed by atoms with Crippen LogP contribution in [0.1, 0.15) is 10.6 Å². The van der Waals surface area contributed by atoms with Crippen LogP contribution < -0.4 is 5.32 Å². The number of halogens is 3. The van der Waals surface area contributed by atoms with Crippen LogP contribution in [0.25, 0.3) is 11.3 Å². The van der Waals surface area contributed by atoms with Gasteiger partial charge in [0.1, 0.15) is 5.76 Å². The molecule has 6 nitrogen and oxygen atoms in total. The van der Waals surface area contributed by atoms with Crippen molar-refractivity contribution in [2.45, 2.75) is 0 Å². The van der Waals surface area contributed by atoms with E-state index in [9.17, 15) is 9.59 Å². The van der Waals surface area contributed by atoms with Crippen molar-refractivity contribution in [3.63, 3.8) is 0 Å². The Bertz CT molecular complexity index is 1140. The molecule has 0 aliphatic carbocycles. The van der Waals surface area contributed by atoms with Crippen LogP contribution in [0.5, 0.6) is 0 Å². The number of anilines is 1.